The average molecular weight is 380 g/mol. The van der Waals surface area contributed by atoms with E-state index in [-0.39, 0.29) is 23.4 Å². The van der Waals surface area contributed by atoms with Crippen molar-refractivity contribution in [2.75, 3.05) is 12.9 Å². The molecule has 0 radical (unpaired) electrons. The van der Waals surface area contributed by atoms with Gasteiger partial charge in [-0.05, 0) is 29.5 Å². The van der Waals surface area contributed by atoms with E-state index in [0.29, 0.717) is 11.5 Å². The molecule has 0 fully saturated rings. The third kappa shape index (κ3) is 5.47. The fourth-order valence-electron chi connectivity index (χ4n) is 2.33. The molecule has 0 bridgehead atoms. The molecule has 1 aromatic heterocycles. The van der Waals surface area contributed by atoms with Gasteiger partial charge >= 0.3 is 5.69 Å². The Labute approximate surface area is 154 Å². The number of rotatable bonds is 9. The molecule has 1 N–H and O–H groups in total. The van der Waals surface area contributed by atoms with Gasteiger partial charge in [0, 0.05) is 16.7 Å². The molecule has 0 aliphatic rings. The lowest BCUT2D eigenvalue weighted by Gasteiger charge is -2.15. The number of carbonyl (C=O) groups is 1. The average Bonchev–Trinajstić information content (AvgIpc) is 3.14. The number of methoxy groups -OCH3 is 1. The van der Waals surface area contributed by atoms with Crippen molar-refractivity contribution >= 4 is 34.7 Å². The van der Waals surface area contributed by atoms with Gasteiger partial charge in [-0.15, -0.1) is 23.1 Å². The molecule has 6 nitrogen and oxygen atoms in total. The summed E-state index contributed by atoms with van der Waals surface area (Å²) in [6.07, 6.45) is 0.835. The molecule has 8 heteroatoms. The van der Waals surface area contributed by atoms with Gasteiger partial charge in [-0.25, -0.2) is 0 Å². The van der Waals surface area contributed by atoms with E-state index in [9.17, 15) is 14.9 Å². The maximum Gasteiger partial charge on any atom is 0.311 e. The number of hydrogen-bond donors (Lipinski definition) is 1. The molecular weight excluding hydrogens is 360 g/mol. The number of amides is 1. The zero-order chi connectivity index (χ0) is 18.2. The Bertz CT molecular complexity index is 719. The molecule has 0 saturated carbocycles. The molecule has 0 spiro atoms. The topological polar surface area (TPSA) is 81.5 Å². The summed E-state index contributed by atoms with van der Waals surface area (Å²) >= 11 is 3.05. The molecule has 25 heavy (non-hydrogen) atoms. The maximum absolute atomic E-state index is 12.1. The summed E-state index contributed by atoms with van der Waals surface area (Å²) in [5.41, 5.74) is 0.726. The Morgan fingerprint density at radius 1 is 1.44 bits per heavy atom. The van der Waals surface area contributed by atoms with Crippen molar-refractivity contribution in [3.63, 3.8) is 0 Å². The molecule has 1 atom stereocenters. The zero-order valence-corrected chi connectivity index (χ0v) is 15.7. The van der Waals surface area contributed by atoms with E-state index >= 15 is 0 Å². The smallest absolute Gasteiger partial charge is 0.311 e. The number of carbonyl (C=O) groups excluding carboxylic acids is 1. The van der Waals surface area contributed by atoms with Crippen LogP contribution in [0.3, 0.4) is 0 Å². The van der Waals surface area contributed by atoms with Crippen LogP contribution in [0.5, 0.6) is 5.75 Å². The monoisotopic (exact) mass is 380 g/mol. The summed E-state index contributed by atoms with van der Waals surface area (Å²) < 4.78 is 4.98. The largest absolute Gasteiger partial charge is 0.490 e. The lowest BCUT2D eigenvalue weighted by atomic mass is 10.2. The van der Waals surface area contributed by atoms with Crippen LogP contribution in [0.4, 0.5) is 5.69 Å². The van der Waals surface area contributed by atoms with Gasteiger partial charge in [0.1, 0.15) is 0 Å². The van der Waals surface area contributed by atoms with Gasteiger partial charge in [0.25, 0.3) is 0 Å². The van der Waals surface area contributed by atoms with Crippen LogP contribution in [0.1, 0.15) is 29.8 Å². The van der Waals surface area contributed by atoms with E-state index in [1.54, 1.807) is 23.5 Å². The zero-order valence-electron chi connectivity index (χ0n) is 14.1. The lowest BCUT2D eigenvalue weighted by molar-refractivity contribution is -0.385. The number of nitrogens with zero attached hydrogens (tertiary/aromatic N) is 1. The first-order chi connectivity index (χ1) is 12.0. The van der Waals surface area contributed by atoms with Crippen LogP contribution in [0.25, 0.3) is 0 Å². The summed E-state index contributed by atoms with van der Waals surface area (Å²) in [6, 6.07) is 8.87. The predicted octanol–water partition coefficient (Wildman–Crippen LogP) is 4.17. The molecule has 1 amide bonds. The second kappa shape index (κ2) is 9.43. The fraction of sp³-hybridized carbons (Fsp3) is 0.353. The number of benzene rings is 1. The Balaban J connectivity index is 1.86. The molecule has 0 saturated heterocycles. The molecular formula is C17H20N2O4S2. The van der Waals surface area contributed by atoms with Crippen molar-refractivity contribution < 1.29 is 14.5 Å². The second-order valence-electron chi connectivity index (χ2n) is 5.30. The minimum atomic E-state index is -0.466. The molecule has 2 aromatic rings. The number of nitro benzene ring substituents is 1. The first-order valence-corrected chi connectivity index (χ1v) is 9.80. The number of nitro groups is 1. The highest BCUT2D eigenvalue weighted by atomic mass is 32.2. The first-order valence-electron chi connectivity index (χ1n) is 7.77. The van der Waals surface area contributed by atoms with Crippen LogP contribution < -0.4 is 10.1 Å². The highest BCUT2D eigenvalue weighted by molar-refractivity contribution is 7.99. The van der Waals surface area contributed by atoms with Crippen LogP contribution in [-0.2, 0) is 10.5 Å². The van der Waals surface area contributed by atoms with E-state index < -0.39 is 4.92 Å². The summed E-state index contributed by atoms with van der Waals surface area (Å²) in [5.74, 6) is 1.03. The van der Waals surface area contributed by atoms with Crippen molar-refractivity contribution in [2.24, 2.45) is 0 Å². The van der Waals surface area contributed by atoms with Gasteiger partial charge in [-0.1, -0.05) is 19.1 Å². The predicted molar refractivity (Wildman–Crippen MR) is 101 cm³/mol. The van der Waals surface area contributed by atoms with E-state index in [2.05, 4.69) is 5.32 Å². The van der Waals surface area contributed by atoms with E-state index in [1.807, 2.05) is 24.4 Å². The number of thiophene rings is 1. The number of hydrogen-bond acceptors (Lipinski definition) is 6. The van der Waals surface area contributed by atoms with Crippen LogP contribution in [0.15, 0.2) is 35.7 Å². The van der Waals surface area contributed by atoms with Gasteiger partial charge in [0.15, 0.2) is 5.75 Å². The Morgan fingerprint density at radius 2 is 2.24 bits per heavy atom. The normalized spacial score (nSPS) is 11.8. The van der Waals surface area contributed by atoms with Gasteiger partial charge in [-0.2, -0.15) is 0 Å². The molecule has 2 rings (SSSR count). The summed E-state index contributed by atoms with van der Waals surface area (Å²) in [6.45, 7) is 2.04. The van der Waals surface area contributed by atoms with E-state index in [1.165, 1.54) is 24.9 Å². The van der Waals surface area contributed by atoms with E-state index in [0.717, 1.165) is 16.9 Å². The molecule has 1 heterocycles. The van der Waals surface area contributed by atoms with Crippen molar-refractivity contribution in [3.8, 4) is 5.75 Å². The lowest BCUT2D eigenvalue weighted by Crippen LogP contribution is -2.29. The van der Waals surface area contributed by atoms with Crippen LogP contribution in [-0.4, -0.2) is 23.7 Å². The number of thioether (sulfide) groups is 1. The maximum atomic E-state index is 12.1. The van der Waals surface area contributed by atoms with E-state index in [4.69, 9.17) is 4.74 Å². The quantitative estimate of drug-likeness (QED) is 0.522. The van der Waals surface area contributed by atoms with Gasteiger partial charge in [-0.3, -0.25) is 14.9 Å². The first kappa shape index (κ1) is 19.3. The minimum Gasteiger partial charge on any atom is -0.490 e. The summed E-state index contributed by atoms with van der Waals surface area (Å²) in [4.78, 5) is 23.8. The highest BCUT2D eigenvalue weighted by Crippen LogP contribution is 2.29. The Hall–Kier alpha value is -2.06. The van der Waals surface area contributed by atoms with Crippen molar-refractivity contribution in [1.29, 1.82) is 0 Å². The van der Waals surface area contributed by atoms with Gasteiger partial charge in [0.05, 0.1) is 23.8 Å². The fourth-order valence-corrected chi connectivity index (χ4v) is 3.98. The molecule has 134 valence electrons. The molecule has 0 aliphatic carbocycles. The summed E-state index contributed by atoms with van der Waals surface area (Å²) in [7, 11) is 1.40. The third-order valence-electron chi connectivity index (χ3n) is 3.57. The van der Waals surface area contributed by atoms with Crippen molar-refractivity contribution in [2.45, 2.75) is 25.1 Å². The minimum absolute atomic E-state index is 0.0340. The molecule has 1 aromatic carbocycles. The SMILES string of the molecule is CCC(NC(=O)CSCc1ccc(OC)c([N+](=O)[O-])c1)c1cccs1. The number of nitrogens with one attached hydrogen (secondary N) is 1. The van der Waals surface area contributed by atoms with Crippen LogP contribution >= 0.6 is 23.1 Å². The second-order valence-corrected chi connectivity index (χ2v) is 7.26. The Morgan fingerprint density at radius 3 is 2.84 bits per heavy atom. The third-order valence-corrected chi connectivity index (χ3v) is 5.56. The number of ether oxygens (including phenoxy) is 1. The van der Waals surface area contributed by atoms with Crippen LogP contribution in [0.2, 0.25) is 0 Å². The van der Waals surface area contributed by atoms with Gasteiger partial charge in [0.2, 0.25) is 5.91 Å². The highest BCUT2D eigenvalue weighted by Gasteiger charge is 2.16. The Kier molecular flexibility index (Phi) is 7.27. The molecule has 0 aliphatic heterocycles. The standard InChI is InChI=1S/C17H20N2O4S2/c1-3-13(16-5-4-8-25-16)18-17(20)11-24-10-12-6-7-15(23-2)14(9-12)19(21)22/h4-9,13H,3,10-11H2,1-2H3,(H,18,20). The van der Waals surface area contributed by atoms with Crippen molar-refractivity contribution in [3.05, 3.63) is 56.3 Å². The molecule has 1 unspecified atom stereocenters. The van der Waals surface area contributed by atoms with Crippen molar-refractivity contribution in [1.82, 2.24) is 5.32 Å². The summed E-state index contributed by atoms with van der Waals surface area (Å²) in [5, 5.41) is 16.1. The van der Waals surface area contributed by atoms with Gasteiger partial charge < -0.3 is 10.1 Å². The van der Waals surface area contributed by atoms with Crippen LogP contribution in [0, 0.1) is 10.1 Å².